The molecule has 2 fully saturated rings. The lowest BCUT2D eigenvalue weighted by Gasteiger charge is -2.25. The summed E-state index contributed by atoms with van der Waals surface area (Å²) in [6, 6.07) is 9.86. The van der Waals surface area contributed by atoms with E-state index < -0.39 is 0 Å². The Morgan fingerprint density at radius 2 is 1.91 bits per heavy atom. The SMILES string of the molecule is O=C1CCCN1CCCN1C[C@@H](OCc2ccccc2)CN(C(=O)c2cncs2)CC1=O. The van der Waals surface area contributed by atoms with Crippen LogP contribution in [0.2, 0.25) is 0 Å². The molecule has 1 aromatic carbocycles. The van der Waals surface area contributed by atoms with Crippen molar-refractivity contribution in [3.05, 3.63) is 52.5 Å². The summed E-state index contributed by atoms with van der Waals surface area (Å²) in [5.41, 5.74) is 2.66. The summed E-state index contributed by atoms with van der Waals surface area (Å²) in [7, 11) is 0. The normalized spacial score (nSPS) is 19.5. The largest absolute Gasteiger partial charge is 0.370 e. The molecule has 9 heteroatoms. The number of nitrogens with zero attached hydrogens (tertiary/aromatic N) is 4. The summed E-state index contributed by atoms with van der Waals surface area (Å²) in [4.78, 5) is 47.5. The summed E-state index contributed by atoms with van der Waals surface area (Å²) < 4.78 is 6.16. The van der Waals surface area contributed by atoms with Crippen LogP contribution in [0.15, 0.2) is 42.0 Å². The Morgan fingerprint density at radius 3 is 2.62 bits per heavy atom. The van der Waals surface area contributed by atoms with Gasteiger partial charge in [0.1, 0.15) is 11.4 Å². The van der Waals surface area contributed by atoms with Crippen molar-refractivity contribution >= 4 is 29.1 Å². The molecule has 0 N–H and O–H groups in total. The van der Waals surface area contributed by atoms with Gasteiger partial charge in [-0.15, -0.1) is 11.3 Å². The number of carbonyl (C=O) groups excluding carboxylic acids is 3. The Kier molecular flexibility index (Phi) is 7.49. The zero-order chi connectivity index (χ0) is 22.3. The first-order valence-corrected chi connectivity index (χ1v) is 11.9. The van der Waals surface area contributed by atoms with Crippen LogP contribution in [0.1, 0.15) is 34.5 Å². The number of hydrogen-bond donors (Lipinski definition) is 0. The van der Waals surface area contributed by atoms with Crippen molar-refractivity contribution in [2.45, 2.75) is 32.0 Å². The van der Waals surface area contributed by atoms with Gasteiger partial charge in [0.25, 0.3) is 5.91 Å². The van der Waals surface area contributed by atoms with E-state index in [9.17, 15) is 14.4 Å². The van der Waals surface area contributed by atoms with Crippen molar-refractivity contribution < 1.29 is 19.1 Å². The monoisotopic (exact) mass is 456 g/mol. The molecule has 0 bridgehead atoms. The van der Waals surface area contributed by atoms with E-state index in [0.29, 0.717) is 50.5 Å². The van der Waals surface area contributed by atoms with Crippen molar-refractivity contribution in [3.8, 4) is 0 Å². The lowest BCUT2D eigenvalue weighted by molar-refractivity contribution is -0.131. The number of thiazole rings is 1. The minimum absolute atomic E-state index is 0.0184. The minimum atomic E-state index is -0.299. The fourth-order valence-electron chi connectivity index (χ4n) is 4.11. The van der Waals surface area contributed by atoms with Gasteiger partial charge in [-0.2, -0.15) is 0 Å². The second kappa shape index (κ2) is 10.7. The second-order valence-corrected chi connectivity index (χ2v) is 9.03. The summed E-state index contributed by atoms with van der Waals surface area (Å²) in [6.07, 6.45) is 3.48. The highest BCUT2D eigenvalue weighted by atomic mass is 32.1. The molecule has 2 aromatic rings. The fourth-order valence-corrected chi connectivity index (χ4v) is 4.70. The zero-order valence-corrected chi connectivity index (χ0v) is 18.8. The molecular formula is C23H28N4O4S. The molecule has 0 saturated carbocycles. The van der Waals surface area contributed by atoms with Gasteiger partial charge in [-0.25, -0.2) is 0 Å². The smallest absolute Gasteiger partial charge is 0.266 e. The van der Waals surface area contributed by atoms with E-state index in [2.05, 4.69) is 4.98 Å². The van der Waals surface area contributed by atoms with Crippen LogP contribution in [-0.2, 0) is 20.9 Å². The molecular weight excluding hydrogens is 428 g/mol. The third-order valence-electron chi connectivity index (χ3n) is 5.81. The van der Waals surface area contributed by atoms with Gasteiger partial charge >= 0.3 is 0 Å². The van der Waals surface area contributed by atoms with Gasteiger partial charge in [-0.1, -0.05) is 30.3 Å². The van der Waals surface area contributed by atoms with Crippen molar-refractivity contribution in [1.29, 1.82) is 0 Å². The summed E-state index contributed by atoms with van der Waals surface area (Å²) in [5.74, 6) is -0.0994. The maximum absolute atomic E-state index is 13.0. The highest BCUT2D eigenvalue weighted by Crippen LogP contribution is 2.17. The molecule has 0 aliphatic carbocycles. The fraction of sp³-hybridized carbons (Fsp3) is 0.478. The van der Waals surface area contributed by atoms with Crippen LogP contribution < -0.4 is 0 Å². The first-order valence-electron chi connectivity index (χ1n) is 11.0. The van der Waals surface area contributed by atoms with E-state index in [1.807, 2.05) is 35.2 Å². The molecule has 8 nitrogen and oxygen atoms in total. The molecule has 3 amide bonds. The lowest BCUT2D eigenvalue weighted by Crippen LogP contribution is -2.40. The molecule has 0 unspecified atom stereocenters. The van der Waals surface area contributed by atoms with Gasteiger partial charge in [0, 0.05) is 39.1 Å². The minimum Gasteiger partial charge on any atom is -0.370 e. The van der Waals surface area contributed by atoms with Crippen LogP contribution in [0.5, 0.6) is 0 Å². The average molecular weight is 457 g/mol. The molecule has 2 aliphatic rings. The molecule has 0 radical (unpaired) electrons. The van der Waals surface area contributed by atoms with Crippen LogP contribution in [0, 0.1) is 0 Å². The van der Waals surface area contributed by atoms with Crippen LogP contribution in [-0.4, -0.2) is 82.8 Å². The molecule has 32 heavy (non-hydrogen) atoms. The second-order valence-electron chi connectivity index (χ2n) is 8.15. The molecule has 3 heterocycles. The maximum Gasteiger partial charge on any atom is 0.266 e. The van der Waals surface area contributed by atoms with Crippen LogP contribution in [0.3, 0.4) is 0 Å². The Hall–Kier alpha value is -2.78. The van der Waals surface area contributed by atoms with Crippen LogP contribution in [0.4, 0.5) is 0 Å². The third kappa shape index (κ3) is 5.72. The molecule has 2 aliphatic heterocycles. The number of hydrogen-bond acceptors (Lipinski definition) is 6. The highest BCUT2D eigenvalue weighted by Gasteiger charge is 2.32. The van der Waals surface area contributed by atoms with E-state index in [4.69, 9.17) is 4.74 Å². The van der Waals surface area contributed by atoms with Crippen LogP contribution in [0.25, 0.3) is 0 Å². The molecule has 4 rings (SSSR count). The van der Waals surface area contributed by atoms with Crippen molar-refractivity contribution in [2.24, 2.45) is 0 Å². The predicted molar refractivity (Wildman–Crippen MR) is 120 cm³/mol. The third-order valence-corrected chi connectivity index (χ3v) is 6.57. The first kappa shape index (κ1) is 22.4. The summed E-state index contributed by atoms with van der Waals surface area (Å²) in [5, 5.41) is 0. The lowest BCUT2D eigenvalue weighted by atomic mass is 10.2. The number of carbonyl (C=O) groups is 3. The number of amides is 3. The zero-order valence-electron chi connectivity index (χ0n) is 18.0. The Balaban J connectivity index is 1.41. The molecule has 1 atom stereocenters. The molecule has 2 saturated heterocycles. The Bertz CT molecular complexity index is 921. The topological polar surface area (TPSA) is 83.1 Å². The van der Waals surface area contributed by atoms with Gasteiger partial charge in [-0.05, 0) is 18.4 Å². The van der Waals surface area contributed by atoms with Gasteiger partial charge < -0.3 is 19.4 Å². The van der Waals surface area contributed by atoms with Crippen molar-refractivity contribution in [1.82, 2.24) is 19.7 Å². The number of likely N-dealkylation sites (tertiary alicyclic amines) is 1. The summed E-state index contributed by atoms with van der Waals surface area (Å²) in [6.45, 7) is 3.19. The van der Waals surface area contributed by atoms with Gasteiger partial charge in [0.05, 0.1) is 24.4 Å². The quantitative estimate of drug-likeness (QED) is 0.607. The van der Waals surface area contributed by atoms with Crippen molar-refractivity contribution in [3.63, 3.8) is 0 Å². The number of ether oxygens (including phenoxy) is 1. The van der Waals surface area contributed by atoms with E-state index >= 15 is 0 Å². The molecule has 1 aromatic heterocycles. The maximum atomic E-state index is 13.0. The Labute approximate surface area is 191 Å². The van der Waals surface area contributed by atoms with Gasteiger partial charge in [-0.3, -0.25) is 19.4 Å². The van der Waals surface area contributed by atoms with Gasteiger partial charge in [0.2, 0.25) is 11.8 Å². The molecule has 0 spiro atoms. The number of benzene rings is 1. The van der Waals surface area contributed by atoms with E-state index in [1.54, 1.807) is 15.3 Å². The highest BCUT2D eigenvalue weighted by molar-refractivity contribution is 7.11. The van der Waals surface area contributed by atoms with Crippen molar-refractivity contribution in [2.75, 3.05) is 39.3 Å². The van der Waals surface area contributed by atoms with Gasteiger partial charge in [0.15, 0.2) is 0 Å². The summed E-state index contributed by atoms with van der Waals surface area (Å²) >= 11 is 1.27. The van der Waals surface area contributed by atoms with E-state index in [-0.39, 0.29) is 30.4 Å². The standard InChI is InChI=1S/C23H28N4O4S/c28-21-8-4-9-25(21)10-5-11-26-13-19(31-16-18-6-2-1-3-7-18)14-27(15-22(26)29)23(30)20-12-24-17-32-20/h1-3,6-7,12,17,19H,4-5,8-11,13-16H2/t19-/m1/s1. The van der Waals surface area contributed by atoms with Crippen LogP contribution >= 0.6 is 11.3 Å². The first-order chi connectivity index (χ1) is 15.6. The number of aromatic nitrogens is 1. The average Bonchev–Trinajstić information content (AvgIpc) is 3.45. The van der Waals surface area contributed by atoms with E-state index in [0.717, 1.165) is 18.5 Å². The predicted octanol–water partition coefficient (Wildman–Crippen LogP) is 2.03. The molecule has 170 valence electrons. The Morgan fingerprint density at radius 1 is 1.09 bits per heavy atom. The number of rotatable bonds is 8. The van der Waals surface area contributed by atoms with E-state index in [1.165, 1.54) is 17.5 Å².